The Labute approximate surface area is 466 Å². The molecule has 1 aromatic heterocycles. The number of aryl methyl sites for hydroxylation is 1. The van der Waals surface area contributed by atoms with Crippen LogP contribution in [0.15, 0.2) is 0 Å². The highest BCUT2D eigenvalue weighted by Gasteiger charge is 2.56. The maximum absolute atomic E-state index is 17.0. The highest BCUT2D eigenvalue weighted by Crippen LogP contribution is 2.38. The number of esters is 12. The second kappa shape index (κ2) is 30.4. The van der Waals surface area contributed by atoms with Gasteiger partial charge >= 0.3 is 71.6 Å². The van der Waals surface area contributed by atoms with Crippen molar-refractivity contribution >= 4 is 71.6 Å². The summed E-state index contributed by atoms with van der Waals surface area (Å²) in [7, 11) is 0. The molecule has 0 spiro atoms. The van der Waals surface area contributed by atoms with Gasteiger partial charge in [-0.05, 0) is 6.92 Å². The van der Waals surface area contributed by atoms with Crippen LogP contribution in [0.4, 0.5) is 4.39 Å². The smallest absolute Gasteiger partial charge is 0.303 e. The predicted octanol–water partition coefficient (Wildman–Crippen LogP) is 0.190. The zero-order chi connectivity index (χ0) is 61.4. The maximum Gasteiger partial charge on any atom is 0.303 e. The molecular formula is C50H64FNO30. The van der Waals surface area contributed by atoms with Gasteiger partial charge in [-0.15, -0.1) is 0 Å². The van der Waals surface area contributed by atoms with E-state index in [-0.39, 0.29) is 5.69 Å². The number of carbonyl (C=O) groups excluding carboxylic acids is 12. The molecule has 3 aliphatic heterocycles. The molecule has 4 rings (SSSR count). The monoisotopic (exact) mass is 1180 g/mol. The van der Waals surface area contributed by atoms with Crippen LogP contribution >= 0.6 is 0 Å². The first-order chi connectivity index (χ1) is 38.4. The van der Waals surface area contributed by atoms with Gasteiger partial charge < -0.3 is 85.3 Å². The first kappa shape index (κ1) is 66.8. The number of pyridine rings is 1. The lowest BCUT2D eigenvalue weighted by atomic mass is 9.97. The third kappa shape index (κ3) is 19.5. The van der Waals surface area contributed by atoms with Gasteiger partial charge in [-0.1, -0.05) is 0 Å². The van der Waals surface area contributed by atoms with Gasteiger partial charge in [0.1, 0.15) is 43.9 Å². The van der Waals surface area contributed by atoms with Gasteiger partial charge in [0, 0.05) is 94.2 Å². The Hall–Kier alpha value is -7.68. The van der Waals surface area contributed by atoms with Gasteiger partial charge in [-0.2, -0.15) is 4.39 Å². The molecule has 32 heteroatoms. The average molecular weight is 1180 g/mol. The van der Waals surface area contributed by atoms with Crippen LogP contribution in [-0.2, 0) is 151 Å². The standard InChI is InChI=1S/C50H64FNO30/c1-19-37(82-50-46(78-31(13)64)43(75-28(10)61)40(72-25(7)58)36(81-50)18-67-22(4)55)32(14-68-48-44(76-29(11)62)41(73-26(8)59)38(70-23(5)56)34(79-48)16-65-20(2)53)33(47(51)52-19)15-69-49-45(77-30(12)63)42(74-27(9)60)39(71-24(6)57)35(80-49)17-66-21(3)54/h34-36,38-46,48-50H,14-18H2,1-13H3/t34-,35-,36-,38+,39+,40+,41+,42+,43+,44-,45-,46-,48-,49-,50+/m1/s1. The molecular weight excluding hydrogens is 1110 g/mol. The van der Waals surface area contributed by atoms with Gasteiger partial charge in [0.05, 0.1) is 18.9 Å². The Morgan fingerprint density at radius 1 is 0.366 bits per heavy atom. The van der Waals surface area contributed by atoms with Crippen LogP contribution in [0.3, 0.4) is 0 Å². The van der Waals surface area contributed by atoms with Crippen molar-refractivity contribution in [2.45, 2.75) is 195 Å². The van der Waals surface area contributed by atoms with Crippen molar-refractivity contribution < 1.29 is 147 Å². The van der Waals surface area contributed by atoms with E-state index in [0.29, 0.717) is 0 Å². The number of aromatic nitrogens is 1. The molecule has 456 valence electrons. The van der Waals surface area contributed by atoms with Crippen molar-refractivity contribution in [3.05, 3.63) is 22.8 Å². The number of ether oxygens (including phenoxy) is 18. The SMILES string of the molecule is CC(=O)OC[C@H]1O[C@@H](OCc2c(F)nc(C)c(O[C@@H]3O[C@H](COC(C)=O)[C@H](OC(C)=O)[C@H](OC(C)=O)[C@H]3OC(C)=O)c2CO[C@@H]2O[C@H](COC(C)=O)[C@H](OC(C)=O)[C@H](OC(C)=O)[C@H]2OC(C)=O)[C@H](OC(C)=O)[C@@H](OC(C)=O)[C@H]1OC(C)=O. The van der Waals surface area contributed by atoms with Gasteiger partial charge in [-0.25, -0.2) is 4.98 Å². The molecule has 1 aromatic rings. The van der Waals surface area contributed by atoms with Crippen molar-refractivity contribution in [2.24, 2.45) is 0 Å². The minimum atomic E-state index is -2.05. The van der Waals surface area contributed by atoms with E-state index in [9.17, 15) is 57.5 Å². The zero-order valence-corrected chi connectivity index (χ0v) is 46.8. The van der Waals surface area contributed by atoms with Crippen LogP contribution in [0.5, 0.6) is 5.75 Å². The van der Waals surface area contributed by atoms with E-state index in [0.717, 1.165) is 83.1 Å². The number of hydrogen-bond donors (Lipinski definition) is 0. The average Bonchev–Trinajstić information content (AvgIpc) is 3.49. The lowest BCUT2D eigenvalue weighted by Crippen LogP contribution is -2.63. The largest absolute Gasteiger partial charge is 0.463 e. The van der Waals surface area contributed by atoms with Gasteiger partial charge in [0.25, 0.3) is 0 Å². The van der Waals surface area contributed by atoms with Crippen LogP contribution in [0.25, 0.3) is 0 Å². The van der Waals surface area contributed by atoms with E-state index in [1.807, 2.05) is 0 Å². The number of hydrogen-bond acceptors (Lipinski definition) is 31. The molecule has 31 nitrogen and oxygen atoms in total. The van der Waals surface area contributed by atoms with E-state index in [4.69, 9.17) is 85.3 Å². The predicted molar refractivity (Wildman–Crippen MR) is 255 cm³/mol. The Morgan fingerprint density at radius 3 is 0.915 bits per heavy atom. The molecule has 0 aliphatic carbocycles. The summed E-state index contributed by atoms with van der Waals surface area (Å²) >= 11 is 0. The van der Waals surface area contributed by atoms with E-state index in [1.165, 1.54) is 6.92 Å². The highest BCUT2D eigenvalue weighted by molar-refractivity contribution is 5.71. The van der Waals surface area contributed by atoms with Crippen molar-refractivity contribution in [1.29, 1.82) is 0 Å². The van der Waals surface area contributed by atoms with Crippen molar-refractivity contribution in [3.63, 3.8) is 0 Å². The molecule has 15 atom stereocenters. The molecule has 0 bridgehead atoms. The Balaban J connectivity index is 2.03. The lowest BCUT2D eigenvalue weighted by Gasteiger charge is -2.44. The number of halogens is 1. The molecule has 4 heterocycles. The fourth-order valence-corrected chi connectivity index (χ4v) is 8.58. The summed E-state index contributed by atoms with van der Waals surface area (Å²) in [6.45, 7) is 8.64. The van der Waals surface area contributed by atoms with Crippen molar-refractivity contribution in [1.82, 2.24) is 4.98 Å². The lowest BCUT2D eigenvalue weighted by molar-refractivity contribution is -0.312. The highest BCUT2D eigenvalue weighted by atomic mass is 19.1. The fourth-order valence-electron chi connectivity index (χ4n) is 8.58. The van der Waals surface area contributed by atoms with E-state index in [1.54, 1.807) is 0 Å². The Morgan fingerprint density at radius 2 is 0.622 bits per heavy atom. The minimum Gasteiger partial charge on any atom is -0.463 e. The second-order valence-electron chi connectivity index (χ2n) is 18.2. The van der Waals surface area contributed by atoms with E-state index >= 15 is 4.39 Å². The minimum absolute atomic E-state index is 0.387. The quantitative estimate of drug-likeness (QED) is 0.0802. The normalized spacial score (nSPS) is 27.6. The number of nitrogens with zero attached hydrogens (tertiary/aromatic N) is 1. The van der Waals surface area contributed by atoms with Gasteiger partial charge in [0.2, 0.25) is 18.3 Å². The molecule has 3 saturated heterocycles. The summed E-state index contributed by atoms with van der Waals surface area (Å²) in [5, 5.41) is 0. The van der Waals surface area contributed by atoms with E-state index < -0.39 is 220 Å². The summed E-state index contributed by atoms with van der Waals surface area (Å²) in [5.74, 6) is -13.6. The van der Waals surface area contributed by atoms with Crippen molar-refractivity contribution in [3.8, 4) is 5.75 Å². The molecule has 0 amide bonds. The number of rotatable bonds is 23. The Kier molecular flexibility index (Phi) is 24.8. The summed E-state index contributed by atoms with van der Waals surface area (Å²) < 4.78 is 119. The molecule has 0 unspecified atom stereocenters. The van der Waals surface area contributed by atoms with Crippen LogP contribution in [0.2, 0.25) is 0 Å². The molecule has 3 fully saturated rings. The fraction of sp³-hybridized carbons (Fsp3) is 0.660. The van der Waals surface area contributed by atoms with Crippen molar-refractivity contribution in [2.75, 3.05) is 19.8 Å². The summed E-state index contributed by atoms with van der Waals surface area (Å²) in [6.07, 6.45) is -26.8. The molecule has 0 aromatic carbocycles. The molecule has 82 heavy (non-hydrogen) atoms. The molecule has 0 saturated carbocycles. The second-order valence-corrected chi connectivity index (χ2v) is 18.2. The van der Waals surface area contributed by atoms with E-state index in [2.05, 4.69) is 4.98 Å². The maximum atomic E-state index is 17.0. The zero-order valence-electron chi connectivity index (χ0n) is 46.8. The van der Waals surface area contributed by atoms with Crippen LogP contribution in [0.1, 0.15) is 99.9 Å². The Bertz CT molecular complexity index is 2560. The van der Waals surface area contributed by atoms with Crippen LogP contribution in [-0.4, -0.2) is 189 Å². The topological polar surface area (TPSA) is 384 Å². The van der Waals surface area contributed by atoms with Gasteiger partial charge in [-0.3, -0.25) is 57.5 Å². The molecule has 3 aliphatic rings. The first-order valence-electron chi connectivity index (χ1n) is 24.9. The van der Waals surface area contributed by atoms with Crippen LogP contribution in [0, 0.1) is 12.9 Å². The third-order valence-corrected chi connectivity index (χ3v) is 11.3. The van der Waals surface area contributed by atoms with Gasteiger partial charge in [0.15, 0.2) is 61.4 Å². The summed E-state index contributed by atoms with van der Waals surface area (Å²) in [4.78, 5) is 154. The molecule has 0 N–H and O–H groups in total. The van der Waals surface area contributed by atoms with Crippen LogP contribution < -0.4 is 4.74 Å². The number of carbonyl (C=O) groups is 12. The summed E-state index contributed by atoms with van der Waals surface area (Å²) in [6, 6.07) is 0. The summed E-state index contributed by atoms with van der Waals surface area (Å²) in [5.41, 5.74) is -1.55. The third-order valence-electron chi connectivity index (χ3n) is 11.3. The molecule has 0 radical (unpaired) electrons. The first-order valence-corrected chi connectivity index (χ1v) is 24.9.